The van der Waals surface area contributed by atoms with Crippen molar-refractivity contribution < 1.29 is 19.2 Å². The Kier molecular flexibility index (Phi) is 6.55. The van der Waals surface area contributed by atoms with Crippen LogP contribution in [0.4, 0.5) is 0 Å². The fourth-order valence-electron chi connectivity index (χ4n) is 6.97. The highest BCUT2D eigenvalue weighted by molar-refractivity contribution is 6.24. The van der Waals surface area contributed by atoms with E-state index >= 15 is 0 Å². The van der Waals surface area contributed by atoms with Crippen molar-refractivity contribution in [1.82, 2.24) is 9.80 Å². The van der Waals surface area contributed by atoms with Crippen LogP contribution in [0.3, 0.4) is 0 Å². The van der Waals surface area contributed by atoms with E-state index in [-0.39, 0.29) is 30.8 Å². The zero-order valence-corrected chi connectivity index (χ0v) is 22.3. The second-order valence-corrected chi connectivity index (χ2v) is 11.9. The van der Waals surface area contributed by atoms with Crippen LogP contribution < -0.4 is 0 Å². The fourth-order valence-corrected chi connectivity index (χ4v) is 6.97. The molecule has 0 radical (unpaired) electrons. The van der Waals surface area contributed by atoms with Gasteiger partial charge < -0.3 is 0 Å². The van der Waals surface area contributed by atoms with Crippen molar-refractivity contribution in [3.63, 3.8) is 0 Å². The number of ketones is 2. The molecule has 2 amide bonds. The Morgan fingerprint density at radius 1 is 0.895 bits per heavy atom. The molecule has 3 fully saturated rings. The van der Waals surface area contributed by atoms with Crippen molar-refractivity contribution in [3.05, 3.63) is 69.8 Å². The quantitative estimate of drug-likeness (QED) is 0.409. The van der Waals surface area contributed by atoms with Gasteiger partial charge in [-0.15, -0.1) is 0 Å². The Morgan fingerprint density at radius 2 is 1.68 bits per heavy atom. The minimum absolute atomic E-state index is 0.122. The molecule has 2 aliphatic heterocycles. The molecule has 6 nitrogen and oxygen atoms in total. The first kappa shape index (κ1) is 25.2. The first-order valence-electron chi connectivity index (χ1n) is 14.2. The van der Waals surface area contributed by atoms with Crippen LogP contribution in [0.15, 0.2) is 36.4 Å². The van der Waals surface area contributed by atoms with E-state index in [1.54, 1.807) is 6.07 Å². The molecule has 1 atom stereocenters. The lowest BCUT2D eigenvalue weighted by molar-refractivity contribution is -0.132. The number of amides is 2. The van der Waals surface area contributed by atoms with Crippen LogP contribution in [0, 0.1) is 12.3 Å². The van der Waals surface area contributed by atoms with Crippen molar-refractivity contribution in [3.8, 4) is 0 Å². The highest BCUT2D eigenvalue weighted by Gasteiger charge is 2.45. The summed E-state index contributed by atoms with van der Waals surface area (Å²) in [7, 11) is 0. The van der Waals surface area contributed by atoms with Crippen LogP contribution in [0.2, 0.25) is 0 Å². The molecule has 0 N–H and O–H groups in total. The van der Waals surface area contributed by atoms with E-state index in [2.05, 4.69) is 30.0 Å². The standard InChI is InChI=1S/C32H36N2O4/c1-21-18-22(7-9-24(21)20-33-16-14-32(15-17-33)12-3-13-32)6-8-23-4-2-5-26-29(23)31(38)34(30(26)37)27-11-10-25(35)19-28(27)36/h2,4-5,7,9,18,27H,3,6,8,10-17,19-20H2,1H3. The first-order valence-corrected chi connectivity index (χ1v) is 14.2. The van der Waals surface area contributed by atoms with E-state index in [9.17, 15) is 19.2 Å². The highest BCUT2D eigenvalue weighted by Crippen LogP contribution is 2.49. The largest absolute Gasteiger partial charge is 0.299 e. The maximum Gasteiger partial charge on any atom is 0.262 e. The van der Waals surface area contributed by atoms with Gasteiger partial charge in [0.15, 0.2) is 5.78 Å². The van der Waals surface area contributed by atoms with Crippen LogP contribution in [0.25, 0.3) is 0 Å². The van der Waals surface area contributed by atoms with E-state index in [0.717, 1.165) is 23.4 Å². The van der Waals surface area contributed by atoms with Gasteiger partial charge in [-0.1, -0.05) is 36.8 Å². The summed E-state index contributed by atoms with van der Waals surface area (Å²) in [4.78, 5) is 54.4. The molecule has 1 saturated heterocycles. The van der Waals surface area contributed by atoms with Crippen molar-refractivity contribution in [2.75, 3.05) is 13.1 Å². The maximum atomic E-state index is 13.4. The van der Waals surface area contributed by atoms with Gasteiger partial charge in [0.05, 0.1) is 23.6 Å². The normalized spacial score (nSPS) is 23.2. The number of nitrogens with zero attached hydrogens (tertiary/aromatic N) is 2. The molecule has 6 rings (SSSR count). The summed E-state index contributed by atoms with van der Waals surface area (Å²) in [6.07, 6.45) is 8.62. The van der Waals surface area contributed by atoms with E-state index in [1.807, 2.05) is 12.1 Å². The molecule has 198 valence electrons. The lowest BCUT2D eigenvalue weighted by atomic mass is 9.63. The van der Waals surface area contributed by atoms with E-state index < -0.39 is 17.9 Å². The number of fused-ring (bicyclic) bond motifs is 1. The van der Waals surface area contributed by atoms with Gasteiger partial charge in [-0.2, -0.15) is 0 Å². The van der Waals surface area contributed by atoms with Crippen LogP contribution in [-0.4, -0.2) is 52.3 Å². The van der Waals surface area contributed by atoms with E-state index in [1.165, 1.54) is 61.9 Å². The monoisotopic (exact) mass is 512 g/mol. The van der Waals surface area contributed by atoms with Gasteiger partial charge in [0, 0.05) is 13.0 Å². The lowest BCUT2D eigenvalue weighted by Crippen LogP contribution is -2.47. The molecule has 0 aromatic heterocycles. The number of hydrogen-bond acceptors (Lipinski definition) is 5. The summed E-state index contributed by atoms with van der Waals surface area (Å²) >= 11 is 0. The summed E-state index contributed by atoms with van der Waals surface area (Å²) in [5, 5.41) is 0. The van der Waals surface area contributed by atoms with Crippen molar-refractivity contribution >= 4 is 23.4 Å². The summed E-state index contributed by atoms with van der Waals surface area (Å²) in [6, 6.07) is 11.3. The van der Waals surface area contributed by atoms with Gasteiger partial charge >= 0.3 is 0 Å². The molecule has 2 saturated carbocycles. The predicted molar refractivity (Wildman–Crippen MR) is 144 cm³/mol. The number of hydrogen-bond donors (Lipinski definition) is 0. The van der Waals surface area contributed by atoms with E-state index in [0.29, 0.717) is 23.0 Å². The molecule has 4 aliphatic rings. The maximum absolute atomic E-state index is 13.4. The molecule has 2 heterocycles. The smallest absolute Gasteiger partial charge is 0.262 e. The van der Waals surface area contributed by atoms with Crippen LogP contribution >= 0.6 is 0 Å². The lowest BCUT2D eigenvalue weighted by Gasteiger charge is -2.48. The third kappa shape index (κ3) is 4.53. The summed E-state index contributed by atoms with van der Waals surface area (Å²) < 4.78 is 0. The number of Topliss-reactive ketones (excluding diaryl/α,β-unsaturated/α-hetero) is 2. The molecule has 1 spiro atoms. The molecule has 6 heteroatoms. The summed E-state index contributed by atoms with van der Waals surface area (Å²) in [5.74, 6) is -1.27. The fraction of sp³-hybridized carbons (Fsp3) is 0.500. The number of rotatable bonds is 6. The SMILES string of the molecule is Cc1cc(CCc2cccc3c2C(=O)N(C2CCC(=O)CC2=O)C3=O)ccc1CN1CCC2(CCC2)CC1. The number of imide groups is 1. The van der Waals surface area contributed by atoms with E-state index in [4.69, 9.17) is 0 Å². The summed E-state index contributed by atoms with van der Waals surface area (Å²) in [6.45, 7) is 5.59. The third-order valence-electron chi connectivity index (χ3n) is 9.60. The number of piperidine rings is 1. The zero-order chi connectivity index (χ0) is 26.4. The molecule has 0 bridgehead atoms. The minimum Gasteiger partial charge on any atom is -0.299 e. The van der Waals surface area contributed by atoms with Crippen molar-refractivity contribution in [2.45, 2.75) is 83.7 Å². The topological polar surface area (TPSA) is 74.8 Å². The Labute approximate surface area is 224 Å². The average molecular weight is 513 g/mol. The second-order valence-electron chi connectivity index (χ2n) is 11.9. The predicted octanol–water partition coefficient (Wildman–Crippen LogP) is 4.83. The van der Waals surface area contributed by atoms with Crippen LogP contribution in [-0.2, 0) is 29.0 Å². The van der Waals surface area contributed by atoms with Gasteiger partial charge in [-0.25, -0.2) is 0 Å². The number of carbonyl (C=O) groups excluding carboxylic acids is 4. The Hall–Kier alpha value is -3.12. The zero-order valence-electron chi connectivity index (χ0n) is 22.3. The second kappa shape index (κ2) is 9.88. The molecule has 38 heavy (non-hydrogen) atoms. The van der Waals surface area contributed by atoms with Crippen molar-refractivity contribution in [1.29, 1.82) is 0 Å². The molecule has 2 aromatic rings. The van der Waals surface area contributed by atoms with Gasteiger partial charge in [0.2, 0.25) is 0 Å². The minimum atomic E-state index is -0.831. The number of benzene rings is 2. The molecular weight excluding hydrogens is 476 g/mol. The van der Waals surface area contributed by atoms with Crippen molar-refractivity contribution in [2.24, 2.45) is 5.41 Å². The first-order chi connectivity index (χ1) is 18.3. The number of likely N-dealkylation sites (tertiary alicyclic amines) is 1. The highest BCUT2D eigenvalue weighted by atomic mass is 16.2. The molecule has 1 unspecified atom stereocenters. The number of aryl methyl sites for hydroxylation is 3. The molecule has 2 aromatic carbocycles. The van der Waals surface area contributed by atoms with Crippen LogP contribution in [0.5, 0.6) is 0 Å². The summed E-state index contributed by atoms with van der Waals surface area (Å²) in [5.41, 5.74) is 6.19. The van der Waals surface area contributed by atoms with Gasteiger partial charge in [-0.3, -0.25) is 29.0 Å². The molecule has 2 aliphatic carbocycles. The Bertz CT molecular complexity index is 1310. The third-order valence-corrected chi connectivity index (χ3v) is 9.60. The average Bonchev–Trinajstić information content (AvgIpc) is 3.14. The molecular formula is C32H36N2O4. The van der Waals surface area contributed by atoms with Gasteiger partial charge in [0.25, 0.3) is 11.8 Å². The Balaban J connectivity index is 1.12. The Morgan fingerprint density at radius 3 is 2.37 bits per heavy atom. The van der Waals surface area contributed by atoms with Gasteiger partial charge in [0.1, 0.15) is 5.78 Å². The van der Waals surface area contributed by atoms with Crippen LogP contribution in [0.1, 0.15) is 94.3 Å². The van der Waals surface area contributed by atoms with Gasteiger partial charge in [-0.05, 0) is 98.7 Å². The number of carbonyl (C=O) groups is 4.